The Morgan fingerprint density at radius 1 is 1.19 bits per heavy atom. The van der Waals surface area contributed by atoms with Crippen LogP contribution in [0.3, 0.4) is 0 Å². The third-order valence-corrected chi connectivity index (χ3v) is 5.53. The summed E-state index contributed by atoms with van der Waals surface area (Å²) in [5.74, 6) is 1.26. The number of rotatable bonds is 9. The Morgan fingerprint density at radius 3 is 2.31 bits per heavy atom. The predicted octanol–water partition coefficient (Wildman–Crippen LogP) is 4.29. The standard InChI is InChI=1S/C21H33NO4/c1-8-22(9-2)19(23)16-10-11-17(18(14-16)24-7)25-15(3)12-13-21(6)20(4,5)26-21/h10-11,14-15H,8-9,12-13H2,1-7H3. The first-order chi connectivity index (χ1) is 12.2. The van der Waals surface area contributed by atoms with E-state index in [2.05, 4.69) is 20.8 Å². The van der Waals surface area contributed by atoms with Crippen molar-refractivity contribution in [2.45, 2.75) is 71.7 Å². The molecule has 0 spiro atoms. The fourth-order valence-electron chi connectivity index (χ4n) is 3.24. The topological polar surface area (TPSA) is 51.3 Å². The molecule has 1 aromatic carbocycles. The first-order valence-electron chi connectivity index (χ1n) is 9.51. The zero-order valence-corrected chi connectivity index (χ0v) is 17.2. The van der Waals surface area contributed by atoms with Gasteiger partial charge in [-0.05, 0) is 72.6 Å². The minimum Gasteiger partial charge on any atom is -0.493 e. The van der Waals surface area contributed by atoms with Gasteiger partial charge in [-0.15, -0.1) is 0 Å². The summed E-state index contributed by atoms with van der Waals surface area (Å²) in [6.45, 7) is 13.8. The van der Waals surface area contributed by atoms with E-state index in [0.29, 0.717) is 30.2 Å². The number of nitrogens with zero attached hydrogens (tertiary/aromatic N) is 1. The maximum atomic E-state index is 12.5. The Kier molecular flexibility index (Phi) is 6.22. The number of carbonyl (C=O) groups excluding carboxylic acids is 1. The Labute approximate surface area is 157 Å². The Balaban J connectivity index is 2.02. The molecule has 1 aromatic rings. The normalized spacial score (nSPS) is 21.8. The van der Waals surface area contributed by atoms with Crippen molar-refractivity contribution < 1.29 is 19.0 Å². The molecule has 1 amide bonds. The van der Waals surface area contributed by atoms with Crippen molar-refractivity contribution in [3.05, 3.63) is 23.8 Å². The fourth-order valence-corrected chi connectivity index (χ4v) is 3.24. The second kappa shape index (κ2) is 7.87. The quantitative estimate of drug-likeness (QED) is 0.614. The lowest BCUT2D eigenvalue weighted by molar-refractivity contribution is 0.0772. The van der Waals surface area contributed by atoms with Crippen LogP contribution in [-0.2, 0) is 4.74 Å². The molecule has 146 valence electrons. The molecule has 1 fully saturated rings. The van der Waals surface area contributed by atoms with Gasteiger partial charge in [-0.2, -0.15) is 0 Å². The van der Waals surface area contributed by atoms with Gasteiger partial charge in [-0.3, -0.25) is 4.79 Å². The number of ether oxygens (including phenoxy) is 3. The van der Waals surface area contributed by atoms with Gasteiger partial charge in [-0.25, -0.2) is 0 Å². The molecule has 1 saturated heterocycles. The molecule has 26 heavy (non-hydrogen) atoms. The van der Waals surface area contributed by atoms with Gasteiger partial charge >= 0.3 is 0 Å². The van der Waals surface area contributed by atoms with E-state index in [0.717, 1.165) is 12.8 Å². The van der Waals surface area contributed by atoms with Crippen LogP contribution in [-0.4, -0.2) is 48.3 Å². The molecule has 1 aliphatic heterocycles. The van der Waals surface area contributed by atoms with Crippen molar-refractivity contribution in [2.75, 3.05) is 20.2 Å². The molecule has 0 aliphatic carbocycles. The molecule has 1 aliphatic rings. The highest BCUT2D eigenvalue weighted by Crippen LogP contribution is 2.50. The van der Waals surface area contributed by atoms with E-state index >= 15 is 0 Å². The van der Waals surface area contributed by atoms with Gasteiger partial charge in [0.25, 0.3) is 5.91 Å². The maximum absolute atomic E-state index is 12.5. The molecule has 0 bridgehead atoms. The number of amides is 1. The third kappa shape index (κ3) is 4.32. The first kappa shape index (κ1) is 20.6. The van der Waals surface area contributed by atoms with Crippen LogP contribution in [0.25, 0.3) is 0 Å². The zero-order valence-electron chi connectivity index (χ0n) is 17.2. The lowest BCUT2D eigenvalue weighted by Crippen LogP contribution is -2.30. The third-order valence-electron chi connectivity index (χ3n) is 5.53. The number of carbonyl (C=O) groups is 1. The summed E-state index contributed by atoms with van der Waals surface area (Å²) in [7, 11) is 1.60. The van der Waals surface area contributed by atoms with Gasteiger partial charge in [0.1, 0.15) is 0 Å². The summed E-state index contributed by atoms with van der Waals surface area (Å²) in [6, 6.07) is 5.39. The monoisotopic (exact) mass is 363 g/mol. The SMILES string of the molecule is CCN(CC)C(=O)c1ccc(OC(C)CCC2(C)OC2(C)C)c(OC)c1. The number of hydrogen-bond donors (Lipinski definition) is 0. The van der Waals surface area contributed by atoms with E-state index in [9.17, 15) is 4.79 Å². The Hall–Kier alpha value is -1.75. The number of methoxy groups -OCH3 is 1. The van der Waals surface area contributed by atoms with Gasteiger partial charge in [0.15, 0.2) is 11.5 Å². The van der Waals surface area contributed by atoms with Crippen LogP contribution in [0.5, 0.6) is 11.5 Å². The number of benzene rings is 1. The van der Waals surface area contributed by atoms with E-state index in [1.807, 2.05) is 26.8 Å². The molecule has 2 unspecified atom stereocenters. The van der Waals surface area contributed by atoms with Gasteiger partial charge < -0.3 is 19.1 Å². The second-order valence-electron chi connectivity index (χ2n) is 7.65. The smallest absolute Gasteiger partial charge is 0.253 e. The lowest BCUT2D eigenvalue weighted by atomic mass is 9.92. The Morgan fingerprint density at radius 2 is 1.81 bits per heavy atom. The van der Waals surface area contributed by atoms with Crippen LogP contribution in [0.1, 0.15) is 64.7 Å². The predicted molar refractivity (Wildman–Crippen MR) is 103 cm³/mol. The first-order valence-corrected chi connectivity index (χ1v) is 9.51. The Bertz CT molecular complexity index is 639. The summed E-state index contributed by atoms with van der Waals surface area (Å²) in [5, 5.41) is 0. The fraction of sp³-hybridized carbons (Fsp3) is 0.667. The largest absolute Gasteiger partial charge is 0.493 e. The summed E-state index contributed by atoms with van der Waals surface area (Å²) in [6.07, 6.45) is 1.87. The van der Waals surface area contributed by atoms with Crippen LogP contribution in [0, 0.1) is 0 Å². The van der Waals surface area contributed by atoms with E-state index in [1.54, 1.807) is 24.1 Å². The summed E-state index contributed by atoms with van der Waals surface area (Å²) >= 11 is 0. The van der Waals surface area contributed by atoms with E-state index in [4.69, 9.17) is 14.2 Å². The molecule has 0 N–H and O–H groups in total. The average Bonchev–Trinajstić information content (AvgIpc) is 3.12. The van der Waals surface area contributed by atoms with Gasteiger partial charge in [0.05, 0.1) is 24.4 Å². The summed E-state index contributed by atoms with van der Waals surface area (Å²) in [4.78, 5) is 14.3. The zero-order chi connectivity index (χ0) is 19.5. The highest BCUT2D eigenvalue weighted by Gasteiger charge is 2.59. The van der Waals surface area contributed by atoms with Crippen LogP contribution < -0.4 is 9.47 Å². The van der Waals surface area contributed by atoms with Crippen molar-refractivity contribution in [3.8, 4) is 11.5 Å². The molecule has 0 radical (unpaired) electrons. The van der Waals surface area contributed by atoms with Crippen LogP contribution in [0.4, 0.5) is 0 Å². The molecular weight excluding hydrogens is 330 g/mol. The van der Waals surface area contributed by atoms with E-state index in [1.165, 1.54) is 0 Å². The number of epoxide rings is 1. The summed E-state index contributed by atoms with van der Waals surface area (Å²) in [5.41, 5.74) is 0.511. The maximum Gasteiger partial charge on any atom is 0.253 e. The minimum atomic E-state index is -0.0608. The molecule has 5 nitrogen and oxygen atoms in total. The summed E-state index contributed by atoms with van der Waals surface area (Å²) < 4.78 is 17.3. The van der Waals surface area contributed by atoms with Crippen molar-refractivity contribution >= 4 is 5.91 Å². The second-order valence-corrected chi connectivity index (χ2v) is 7.65. The van der Waals surface area contributed by atoms with Crippen molar-refractivity contribution in [1.29, 1.82) is 0 Å². The molecule has 5 heteroatoms. The van der Waals surface area contributed by atoms with Gasteiger partial charge in [-0.1, -0.05) is 0 Å². The molecule has 0 saturated carbocycles. The van der Waals surface area contributed by atoms with Crippen molar-refractivity contribution in [2.24, 2.45) is 0 Å². The van der Waals surface area contributed by atoms with Crippen LogP contribution >= 0.6 is 0 Å². The van der Waals surface area contributed by atoms with Crippen molar-refractivity contribution in [3.63, 3.8) is 0 Å². The van der Waals surface area contributed by atoms with Gasteiger partial charge in [0.2, 0.25) is 0 Å². The molecule has 0 aromatic heterocycles. The average molecular weight is 363 g/mol. The molecule has 2 atom stereocenters. The molecule has 1 heterocycles. The van der Waals surface area contributed by atoms with E-state index < -0.39 is 0 Å². The van der Waals surface area contributed by atoms with Crippen LogP contribution in [0.15, 0.2) is 18.2 Å². The van der Waals surface area contributed by atoms with Crippen molar-refractivity contribution in [1.82, 2.24) is 4.90 Å². The van der Waals surface area contributed by atoms with Crippen LogP contribution in [0.2, 0.25) is 0 Å². The minimum absolute atomic E-state index is 0.00827. The van der Waals surface area contributed by atoms with E-state index in [-0.39, 0.29) is 23.2 Å². The molecule has 2 rings (SSSR count). The lowest BCUT2D eigenvalue weighted by Gasteiger charge is -2.21. The highest BCUT2D eigenvalue weighted by molar-refractivity contribution is 5.94. The van der Waals surface area contributed by atoms with Gasteiger partial charge in [0, 0.05) is 18.7 Å². The molecular formula is C21H33NO4. The highest BCUT2D eigenvalue weighted by atomic mass is 16.6. The number of hydrogen-bond acceptors (Lipinski definition) is 4.